The minimum atomic E-state index is -1.99. The van der Waals surface area contributed by atoms with Crippen molar-refractivity contribution in [2.45, 2.75) is 39.3 Å². The van der Waals surface area contributed by atoms with Crippen molar-refractivity contribution in [3.63, 3.8) is 0 Å². The number of fused-ring (bicyclic) bond motifs is 1. The quantitative estimate of drug-likeness (QED) is 0.594. The molecule has 0 fully saturated rings. The summed E-state index contributed by atoms with van der Waals surface area (Å²) in [5, 5.41) is 11.9. The van der Waals surface area contributed by atoms with E-state index in [1.165, 1.54) is 11.2 Å². The van der Waals surface area contributed by atoms with Crippen molar-refractivity contribution in [3.05, 3.63) is 87.3 Å². The van der Waals surface area contributed by atoms with Crippen LogP contribution in [0.5, 0.6) is 0 Å². The lowest BCUT2D eigenvalue weighted by Crippen LogP contribution is -2.41. The molecule has 5 nitrogen and oxygen atoms in total. The average molecular weight is 424 g/mol. The summed E-state index contributed by atoms with van der Waals surface area (Å²) in [7, 11) is 0. The Hall–Kier alpha value is -2.89. The summed E-state index contributed by atoms with van der Waals surface area (Å²) in [4.78, 5) is 27.9. The molecule has 1 N–H and O–H groups in total. The maximum atomic E-state index is 13.4. The van der Waals surface area contributed by atoms with Gasteiger partial charge in [-0.1, -0.05) is 41.4 Å². The average Bonchev–Trinajstić information content (AvgIpc) is 3.13. The molecule has 0 saturated heterocycles. The third-order valence-corrected chi connectivity index (χ3v) is 5.84. The molecular weight excluding hydrogens is 402 g/mol. The Labute approximate surface area is 179 Å². The van der Waals surface area contributed by atoms with E-state index in [0.717, 1.165) is 11.1 Å². The molecule has 2 aromatic carbocycles. The fraction of sp³-hybridized carbons (Fsp3) is 0.250. The van der Waals surface area contributed by atoms with Gasteiger partial charge in [0.25, 0.3) is 5.91 Å². The smallest absolute Gasteiger partial charge is 0.264 e. The van der Waals surface area contributed by atoms with Gasteiger partial charge in [-0.3, -0.25) is 9.59 Å². The van der Waals surface area contributed by atoms with Gasteiger partial charge >= 0.3 is 0 Å². The molecule has 1 aliphatic rings. The zero-order chi connectivity index (χ0) is 21.6. The number of ketones is 1. The number of anilines is 1. The molecule has 0 spiro atoms. The van der Waals surface area contributed by atoms with Crippen LogP contribution in [-0.4, -0.2) is 16.8 Å². The number of hydrogen-bond acceptors (Lipinski definition) is 4. The number of rotatable bonds is 5. The highest BCUT2D eigenvalue weighted by atomic mass is 35.5. The van der Waals surface area contributed by atoms with Gasteiger partial charge in [0.15, 0.2) is 11.4 Å². The topological polar surface area (TPSA) is 70.8 Å². The van der Waals surface area contributed by atoms with Gasteiger partial charge in [0.1, 0.15) is 5.76 Å². The molecule has 0 saturated carbocycles. The minimum absolute atomic E-state index is 0.286. The van der Waals surface area contributed by atoms with Crippen LogP contribution in [0.25, 0.3) is 0 Å². The summed E-state index contributed by atoms with van der Waals surface area (Å²) in [5.41, 5.74) is 2.03. The predicted octanol–water partition coefficient (Wildman–Crippen LogP) is 4.87. The fourth-order valence-corrected chi connectivity index (χ4v) is 4.21. The van der Waals surface area contributed by atoms with Gasteiger partial charge in [-0.25, -0.2) is 0 Å². The van der Waals surface area contributed by atoms with Gasteiger partial charge < -0.3 is 14.4 Å². The number of carbonyl (C=O) groups excluding carboxylic acids is 2. The van der Waals surface area contributed by atoms with Gasteiger partial charge in [0.2, 0.25) is 0 Å². The zero-order valence-electron chi connectivity index (χ0n) is 17.0. The first-order valence-electron chi connectivity index (χ1n) is 9.68. The molecular formula is C24H22ClNO4. The normalized spacial score (nSPS) is 18.0. The van der Waals surface area contributed by atoms with Crippen molar-refractivity contribution in [1.82, 2.24) is 0 Å². The lowest BCUT2D eigenvalue weighted by atomic mass is 9.87. The second-order valence-corrected chi connectivity index (χ2v) is 8.28. The predicted molar refractivity (Wildman–Crippen MR) is 115 cm³/mol. The maximum Gasteiger partial charge on any atom is 0.264 e. The molecule has 6 heteroatoms. The molecule has 4 rings (SSSR count). The standard InChI is InChI=1S/C24H22ClNO4/c1-14-4-6-17(7-5-14)12-26-20-9-8-18(25)10-19(20)24(29,23(26)28)11-21(27)22-15(2)13-30-16(22)3/h4-10,13,29H,11-12H2,1-3H3/t24-/m1/s1. The largest absolute Gasteiger partial charge is 0.469 e. The van der Waals surface area contributed by atoms with Crippen molar-refractivity contribution in [3.8, 4) is 0 Å². The van der Waals surface area contributed by atoms with E-state index >= 15 is 0 Å². The number of hydrogen-bond donors (Lipinski definition) is 1. The highest BCUT2D eigenvalue weighted by molar-refractivity contribution is 6.31. The lowest BCUT2D eigenvalue weighted by Gasteiger charge is -2.23. The van der Waals surface area contributed by atoms with Crippen LogP contribution in [0.15, 0.2) is 53.1 Å². The van der Waals surface area contributed by atoms with E-state index in [1.54, 1.807) is 32.0 Å². The van der Waals surface area contributed by atoms with Crippen LogP contribution in [0.4, 0.5) is 5.69 Å². The third-order valence-electron chi connectivity index (χ3n) is 5.61. The second-order valence-electron chi connectivity index (χ2n) is 7.85. The molecule has 2 heterocycles. The molecule has 30 heavy (non-hydrogen) atoms. The van der Waals surface area contributed by atoms with Crippen LogP contribution >= 0.6 is 11.6 Å². The number of nitrogens with zero attached hydrogens (tertiary/aromatic N) is 1. The molecule has 0 unspecified atom stereocenters. The van der Waals surface area contributed by atoms with Crippen molar-refractivity contribution < 1.29 is 19.1 Å². The Balaban J connectivity index is 1.73. The Morgan fingerprint density at radius 1 is 1.13 bits per heavy atom. The zero-order valence-corrected chi connectivity index (χ0v) is 17.8. The Bertz CT molecular complexity index is 1130. The first-order chi connectivity index (χ1) is 14.2. The molecule has 0 radical (unpaired) electrons. The monoisotopic (exact) mass is 423 g/mol. The minimum Gasteiger partial charge on any atom is -0.469 e. The Kier molecular flexibility index (Phi) is 5.04. The summed E-state index contributed by atoms with van der Waals surface area (Å²) < 4.78 is 5.32. The number of furan rings is 1. The molecule has 1 atom stereocenters. The molecule has 1 aliphatic heterocycles. The van der Waals surface area contributed by atoms with E-state index in [2.05, 4.69) is 0 Å². The van der Waals surface area contributed by atoms with Gasteiger partial charge in [0, 0.05) is 10.6 Å². The third kappa shape index (κ3) is 3.34. The highest BCUT2D eigenvalue weighted by Crippen LogP contribution is 2.45. The van der Waals surface area contributed by atoms with Crippen LogP contribution in [0, 0.1) is 20.8 Å². The Morgan fingerprint density at radius 3 is 2.47 bits per heavy atom. The SMILES string of the molecule is Cc1ccc(CN2C(=O)[C@@](O)(CC(=O)c3c(C)coc3C)c3cc(Cl)ccc32)cc1. The van der Waals surface area contributed by atoms with Gasteiger partial charge in [-0.2, -0.15) is 0 Å². The second kappa shape index (κ2) is 7.42. The number of Topliss-reactive ketones (excluding diaryl/α,β-unsaturated/α-hetero) is 1. The molecule has 1 amide bonds. The van der Waals surface area contributed by atoms with Crippen molar-refractivity contribution in [2.75, 3.05) is 4.90 Å². The van der Waals surface area contributed by atoms with E-state index in [1.807, 2.05) is 31.2 Å². The summed E-state index contributed by atoms with van der Waals surface area (Å²) >= 11 is 6.17. The van der Waals surface area contributed by atoms with Crippen LogP contribution in [0.1, 0.15) is 44.8 Å². The molecule has 0 aliphatic carbocycles. The van der Waals surface area contributed by atoms with Crippen LogP contribution in [0.3, 0.4) is 0 Å². The summed E-state index contributed by atoms with van der Waals surface area (Å²) in [6.45, 7) is 5.73. The number of amides is 1. The maximum absolute atomic E-state index is 13.4. The number of benzene rings is 2. The number of aryl methyl sites for hydroxylation is 3. The van der Waals surface area contributed by atoms with Crippen LogP contribution in [0.2, 0.25) is 5.02 Å². The highest BCUT2D eigenvalue weighted by Gasteiger charge is 2.51. The number of halogens is 1. The van der Waals surface area contributed by atoms with Crippen LogP contribution < -0.4 is 4.90 Å². The van der Waals surface area contributed by atoms with Crippen molar-refractivity contribution in [1.29, 1.82) is 0 Å². The first-order valence-corrected chi connectivity index (χ1v) is 10.1. The van der Waals surface area contributed by atoms with Gasteiger partial charge in [-0.15, -0.1) is 0 Å². The first kappa shape index (κ1) is 20.4. The summed E-state index contributed by atoms with van der Waals surface area (Å²) in [6.07, 6.45) is 1.11. The number of carbonyl (C=O) groups is 2. The number of aliphatic hydroxyl groups is 1. The summed E-state index contributed by atoms with van der Waals surface area (Å²) in [6, 6.07) is 12.8. The van der Waals surface area contributed by atoms with Crippen LogP contribution in [-0.2, 0) is 16.9 Å². The fourth-order valence-electron chi connectivity index (χ4n) is 4.04. The molecule has 154 valence electrons. The van der Waals surface area contributed by atoms with E-state index in [4.69, 9.17) is 16.0 Å². The van der Waals surface area contributed by atoms with E-state index < -0.39 is 11.5 Å². The van der Waals surface area contributed by atoms with E-state index in [-0.39, 0.29) is 18.7 Å². The van der Waals surface area contributed by atoms with E-state index in [0.29, 0.717) is 33.2 Å². The molecule has 0 bridgehead atoms. The van der Waals surface area contributed by atoms with E-state index in [9.17, 15) is 14.7 Å². The summed E-state index contributed by atoms with van der Waals surface area (Å²) in [5.74, 6) is -0.417. The van der Waals surface area contributed by atoms with Gasteiger partial charge in [-0.05, 0) is 50.1 Å². The van der Waals surface area contributed by atoms with Crippen molar-refractivity contribution in [2.24, 2.45) is 0 Å². The Morgan fingerprint density at radius 2 is 1.83 bits per heavy atom. The van der Waals surface area contributed by atoms with Gasteiger partial charge in [0.05, 0.1) is 30.5 Å². The lowest BCUT2D eigenvalue weighted by molar-refractivity contribution is -0.136. The van der Waals surface area contributed by atoms with Crippen molar-refractivity contribution >= 4 is 29.0 Å². The molecule has 3 aromatic rings. The molecule has 1 aromatic heterocycles.